The maximum Gasteiger partial charge on any atom is 0.221 e. The molecule has 0 unspecified atom stereocenters. The molecule has 0 atom stereocenters. The summed E-state index contributed by atoms with van der Waals surface area (Å²) < 4.78 is 7.86. The lowest BCUT2D eigenvalue weighted by Crippen LogP contribution is -2.06. The van der Waals surface area contributed by atoms with Crippen molar-refractivity contribution in [1.29, 1.82) is 0 Å². The zero-order valence-electron chi connectivity index (χ0n) is 12.9. The van der Waals surface area contributed by atoms with Gasteiger partial charge in [-0.1, -0.05) is 30.1 Å². The topological polar surface area (TPSA) is 47.3 Å². The second-order valence-electron chi connectivity index (χ2n) is 5.30. The number of rotatable bonds is 6. The maximum absolute atomic E-state index is 9.22. The van der Waals surface area contributed by atoms with Crippen LogP contribution in [0.15, 0.2) is 18.2 Å². The number of halogens is 2. The van der Waals surface area contributed by atoms with Gasteiger partial charge in [0.2, 0.25) is 5.88 Å². The number of hydrogen-bond acceptors (Lipinski definition) is 3. The molecular formula is C16H20Cl2N2O2. The SMILES string of the molecule is CCc1c(CCO)nn(C(C)C)c1Oc1cc(Cl)cc(Cl)c1. The molecule has 0 saturated heterocycles. The highest BCUT2D eigenvalue weighted by molar-refractivity contribution is 6.34. The molecule has 0 saturated carbocycles. The van der Waals surface area contributed by atoms with E-state index in [-0.39, 0.29) is 12.6 Å². The highest BCUT2D eigenvalue weighted by Gasteiger charge is 2.20. The van der Waals surface area contributed by atoms with Crippen LogP contribution in [0.5, 0.6) is 11.6 Å². The average Bonchev–Trinajstić information content (AvgIpc) is 2.76. The van der Waals surface area contributed by atoms with Gasteiger partial charge in [0, 0.05) is 28.6 Å². The molecule has 0 aliphatic carbocycles. The van der Waals surface area contributed by atoms with Crippen molar-refractivity contribution >= 4 is 23.2 Å². The smallest absolute Gasteiger partial charge is 0.221 e. The van der Waals surface area contributed by atoms with Gasteiger partial charge in [-0.15, -0.1) is 0 Å². The van der Waals surface area contributed by atoms with Crippen molar-refractivity contribution in [3.63, 3.8) is 0 Å². The molecule has 0 aliphatic heterocycles. The van der Waals surface area contributed by atoms with Gasteiger partial charge < -0.3 is 9.84 Å². The van der Waals surface area contributed by atoms with Gasteiger partial charge in [0.15, 0.2) is 0 Å². The molecule has 0 fully saturated rings. The fourth-order valence-electron chi connectivity index (χ4n) is 2.32. The van der Waals surface area contributed by atoms with Crippen LogP contribution < -0.4 is 4.74 Å². The van der Waals surface area contributed by atoms with Gasteiger partial charge in [0.1, 0.15) is 5.75 Å². The van der Waals surface area contributed by atoms with Crippen LogP contribution in [0.25, 0.3) is 0 Å². The number of nitrogens with zero attached hydrogens (tertiary/aromatic N) is 2. The normalized spacial score (nSPS) is 11.2. The quantitative estimate of drug-likeness (QED) is 0.830. The molecule has 0 amide bonds. The first-order valence-corrected chi connectivity index (χ1v) is 8.06. The first kappa shape index (κ1) is 17.1. The summed E-state index contributed by atoms with van der Waals surface area (Å²) in [5.74, 6) is 1.25. The molecule has 0 radical (unpaired) electrons. The van der Waals surface area contributed by atoms with Crippen LogP contribution in [-0.4, -0.2) is 21.5 Å². The lowest BCUT2D eigenvalue weighted by molar-refractivity contribution is 0.297. The number of aromatic nitrogens is 2. The van der Waals surface area contributed by atoms with E-state index in [1.165, 1.54) is 0 Å². The predicted octanol–water partition coefficient (Wildman–Crippen LogP) is 4.66. The lowest BCUT2D eigenvalue weighted by Gasteiger charge is -2.13. The van der Waals surface area contributed by atoms with E-state index in [1.54, 1.807) is 18.2 Å². The molecule has 2 rings (SSSR count). The van der Waals surface area contributed by atoms with Crippen LogP contribution in [0.3, 0.4) is 0 Å². The Morgan fingerprint density at radius 3 is 2.36 bits per heavy atom. The third-order valence-electron chi connectivity index (χ3n) is 3.28. The Hall–Kier alpha value is -1.23. The van der Waals surface area contributed by atoms with Crippen molar-refractivity contribution in [2.75, 3.05) is 6.61 Å². The van der Waals surface area contributed by atoms with E-state index in [9.17, 15) is 5.11 Å². The Morgan fingerprint density at radius 1 is 1.23 bits per heavy atom. The first-order valence-electron chi connectivity index (χ1n) is 7.31. The molecule has 0 aliphatic rings. The molecule has 4 nitrogen and oxygen atoms in total. The number of hydrogen-bond donors (Lipinski definition) is 1. The fraction of sp³-hybridized carbons (Fsp3) is 0.438. The highest BCUT2D eigenvalue weighted by atomic mass is 35.5. The van der Waals surface area contributed by atoms with Crippen molar-refractivity contribution in [2.45, 2.75) is 39.7 Å². The molecule has 0 bridgehead atoms. The predicted molar refractivity (Wildman–Crippen MR) is 89.3 cm³/mol. The minimum absolute atomic E-state index is 0.0601. The number of ether oxygens (including phenoxy) is 1. The van der Waals surface area contributed by atoms with Gasteiger partial charge in [0.05, 0.1) is 11.7 Å². The number of aliphatic hydroxyl groups is 1. The molecule has 120 valence electrons. The van der Waals surface area contributed by atoms with Gasteiger partial charge in [-0.25, -0.2) is 4.68 Å². The number of aliphatic hydroxyl groups excluding tert-OH is 1. The minimum Gasteiger partial charge on any atom is -0.439 e. The Kier molecular flexibility index (Phi) is 5.73. The summed E-state index contributed by atoms with van der Waals surface area (Å²) in [6.07, 6.45) is 1.28. The van der Waals surface area contributed by atoms with E-state index >= 15 is 0 Å². The zero-order valence-corrected chi connectivity index (χ0v) is 14.4. The van der Waals surface area contributed by atoms with Gasteiger partial charge >= 0.3 is 0 Å². The second-order valence-corrected chi connectivity index (χ2v) is 6.18. The van der Waals surface area contributed by atoms with Crippen LogP contribution in [0.1, 0.15) is 38.1 Å². The molecule has 22 heavy (non-hydrogen) atoms. The second kappa shape index (κ2) is 7.36. The van der Waals surface area contributed by atoms with Crippen LogP contribution in [0.4, 0.5) is 0 Å². The van der Waals surface area contributed by atoms with Gasteiger partial charge in [-0.3, -0.25) is 0 Å². The summed E-state index contributed by atoms with van der Waals surface area (Å²) in [5, 5.41) is 14.8. The fourth-order valence-corrected chi connectivity index (χ4v) is 2.82. The Labute approximate surface area is 140 Å². The van der Waals surface area contributed by atoms with Gasteiger partial charge in [0.25, 0.3) is 0 Å². The average molecular weight is 343 g/mol. The summed E-state index contributed by atoms with van der Waals surface area (Å²) in [6.45, 7) is 6.17. The minimum atomic E-state index is 0.0601. The summed E-state index contributed by atoms with van der Waals surface area (Å²) in [4.78, 5) is 0. The summed E-state index contributed by atoms with van der Waals surface area (Å²) in [7, 11) is 0. The molecular weight excluding hydrogens is 323 g/mol. The van der Waals surface area contributed by atoms with Crippen molar-refractivity contribution in [2.24, 2.45) is 0 Å². The van der Waals surface area contributed by atoms with E-state index in [0.717, 1.165) is 17.7 Å². The Balaban J connectivity index is 2.47. The molecule has 1 N–H and O–H groups in total. The van der Waals surface area contributed by atoms with Crippen LogP contribution in [-0.2, 0) is 12.8 Å². The first-order chi connectivity index (χ1) is 10.5. The third kappa shape index (κ3) is 3.75. The van der Waals surface area contributed by atoms with E-state index in [4.69, 9.17) is 27.9 Å². The Bertz CT molecular complexity index is 634. The maximum atomic E-state index is 9.22. The molecule has 6 heteroatoms. The summed E-state index contributed by atoms with van der Waals surface area (Å²) >= 11 is 12.1. The van der Waals surface area contributed by atoms with Crippen molar-refractivity contribution in [3.05, 3.63) is 39.5 Å². The van der Waals surface area contributed by atoms with E-state index in [1.807, 2.05) is 25.5 Å². The van der Waals surface area contributed by atoms with E-state index in [2.05, 4.69) is 5.10 Å². The largest absolute Gasteiger partial charge is 0.439 e. The standard InChI is InChI=1S/C16H20Cl2N2O2/c1-4-14-15(5-6-21)19-20(10(2)3)16(14)22-13-8-11(17)7-12(18)9-13/h7-10,21H,4-6H2,1-3H3. The van der Waals surface area contributed by atoms with Crippen LogP contribution >= 0.6 is 23.2 Å². The van der Waals surface area contributed by atoms with Crippen molar-refractivity contribution in [3.8, 4) is 11.6 Å². The lowest BCUT2D eigenvalue weighted by atomic mass is 10.1. The third-order valence-corrected chi connectivity index (χ3v) is 3.72. The molecule has 1 aromatic heterocycles. The highest BCUT2D eigenvalue weighted by Crippen LogP contribution is 2.33. The number of benzene rings is 1. The summed E-state index contributed by atoms with van der Waals surface area (Å²) in [6, 6.07) is 5.24. The van der Waals surface area contributed by atoms with Gasteiger partial charge in [-0.05, 0) is 38.5 Å². The molecule has 0 spiro atoms. The van der Waals surface area contributed by atoms with Crippen LogP contribution in [0, 0.1) is 0 Å². The van der Waals surface area contributed by atoms with Gasteiger partial charge in [-0.2, -0.15) is 5.10 Å². The van der Waals surface area contributed by atoms with Crippen molar-refractivity contribution < 1.29 is 9.84 Å². The molecule has 1 heterocycles. The zero-order chi connectivity index (χ0) is 16.3. The van der Waals surface area contributed by atoms with Crippen LogP contribution in [0.2, 0.25) is 10.0 Å². The van der Waals surface area contributed by atoms with Crippen molar-refractivity contribution in [1.82, 2.24) is 9.78 Å². The molecule has 2 aromatic rings. The molecule has 1 aromatic carbocycles. The summed E-state index contributed by atoms with van der Waals surface area (Å²) in [5.41, 5.74) is 1.86. The monoisotopic (exact) mass is 342 g/mol. The van der Waals surface area contributed by atoms with E-state index in [0.29, 0.717) is 28.1 Å². The van der Waals surface area contributed by atoms with E-state index < -0.39 is 0 Å². The Morgan fingerprint density at radius 2 is 1.86 bits per heavy atom.